The lowest BCUT2D eigenvalue weighted by Crippen LogP contribution is -2.16. The normalized spacial score (nSPS) is 15.7. The Morgan fingerprint density at radius 2 is 1.81 bits per heavy atom. The Kier molecular flexibility index (Phi) is 5.01. The van der Waals surface area contributed by atoms with Crippen LogP contribution in [0.25, 0.3) is 0 Å². The third-order valence-electron chi connectivity index (χ3n) is 3.13. The summed E-state index contributed by atoms with van der Waals surface area (Å²) < 4.78 is 32.6. The molecule has 1 aromatic rings. The van der Waals surface area contributed by atoms with Crippen LogP contribution in [0.4, 0.5) is 0 Å². The molecule has 0 fully saturated rings. The van der Waals surface area contributed by atoms with Gasteiger partial charge in [0.2, 0.25) is 0 Å². The molecule has 0 saturated heterocycles. The molecule has 0 saturated carbocycles. The van der Waals surface area contributed by atoms with Crippen molar-refractivity contribution in [2.45, 2.75) is 32.3 Å². The number of allylic oxidation sites excluding steroid dienone is 1. The minimum atomic E-state index is -3.62. The topological polar surface area (TPSA) is 69.7 Å². The van der Waals surface area contributed by atoms with Gasteiger partial charge < -0.3 is 8.92 Å². The molecular formula is C15H18O5S. The van der Waals surface area contributed by atoms with Crippen LogP contribution in [0.15, 0.2) is 41.7 Å². The van der Waals surface area contributed by atoms with Crippen LogP contribution in [0.3, 0.4) is 0 Å². The van der Waals surface area contributed by atoms with Crippen LogP contribution in [-0.4, -0.2) is 20.6 Å². The Balaban J connectivity index is 2.07. The Bertz CT molecular complexity index is 631. The first-order valence-electron chi connectivity index (χ1n) is 6.78. The average molecular weight is 310 g/mol. The predicted octanol–water partition coefficient (Wildman–Crippen LogP) is 2.53. The lowest BCUT2D eigenvalue weighted by molar-refractivity contribution is -0.140. The summed E-state index contributed by atoms with van der Waals surface area (Å²) in [5.74, 6) is -0.279. The Labute approximate surface area is 124 Å². The molecule has 1 aliphatic rings. The van der Waals surface area contributed by atoms with Crippen LogP contribution >= 0.6 is 0 Å². The zero-order valence-corrected chi connectivity index (χ0v) is 12.7. The Morgan fingerprint density at radius 1 is 1.14 bits per heavy atom. The lowest BCUT2D eigenvalue weighted by Gasteiger charge is -2.18. The monoisotopic (exact) mass is 310 g/mol. The Morgan fingerprint density at radius 3 is 2.48 bits per heavy atom. The molecule has 0 N–H and O–H groups in total. The largest absolute Gasteiger partial charge is 0.457 e. The van der Waals surface area contributed by atoms with Crippen LogP contribution in [0.5, 0.6) is 0 Å². The SMILES string of the molecule is CS(=O)(=O)OC1=C(C(=O)OCc2ccccc2)CCCC1. The van der Waals surface area contributed by atoms with E-state index < -0.39 is 16.1 Å². The molecule has 114 valence electrons. The second-order valence-corrected chi connectivity index (χ2v) is 6.53. The number of esters is 1. The fourth-order valence-corrected chi connectivity index (χ4v) is 2.73. The van der Waals surface area contributed by atoms with Crippen LogP contribution in [0.1, 0.15) is 31.2 Å². The van der Waals surface area contributed by atoms with Crippen molar-refractivity contribution in [1.29, 1.82) is 0 Å². The van der Waals surface area contributed by atoms with Crippen LogP contribution in [0.2, 0.25) is 0 Å². The summed E-state index contributed by atoms with van der Waals surface area (Å²) in [6.45, 7) is 0.162. The molecule has 1 aromatic carbocycles. The summed E-state index contributed by atoms with van der Waals surface area (Å²) in [5.41, 5.74) is 1.22. The summed E-state index contributed by atoms with van der Waals surface area (Å²) in [6.07, 6.45) is 3.54. The van der Waals surface area contributed by atoms with Crippen molar-refractivity contribution >= 4 is 16.1 Å². The molecule has 0 spiro atoms. The van der Waals surface area contributed by atoms with E-state index in [1.54, 1.807) is 0 Å². The van der Waals surface area contributed by atoms with Crippen molar-refractivity contribution in [3.63, 3.8) is 0 Å². The molecule has 2 rings (SSSR count). The van der Waals surface area contributed by atoms with Crippen molar-refractivity contribution in [3.8, 4) is 0 Å². The van der Waals surface area contributed by atoms with Gasteiger partial charge in [0.25, 0.3) is 0 Å². The van der Waals surface area contributed by atoms with E-state index in [1.807, 2.05) is 30.3 Å². The van der Waals surface area contributed by atoms with E-state index in [0.29, 0.717) is 18.4 Å². The number of rotatable bonds is 5. The highest BCUT2D eigenvalue weighted by atomic mass is 32.2. The summed E-state index contributed by atoms with van der Waals surface area (Å²) in [4.78, 5) is 12.1. The van der Waals surface area contributed by atoms with E-state index in [1.165, 1.54) is 0 Å². The molecule has 0 amide bonds. The Hall–Kier alpha value is -1.82. The third kappa shape index (κ3) is 4.90. The second kappa shape index (κ2) is 6.76. The van der Waals surface area contributed by atoms with Gasteiger partial charge in [0.1, 0.15) is 12.4 Å². The van der Waals surface area contributed by atoms with Gasteiger partial charge in [-0.15, -0.1) is 0 Å². The first-order chi connectivity index (χ1) is 9.96. The fraction of sp³-hybridized carbons (Fsp3) is 0.400. The van der Waals surface area contributed by atoms with Crippen molar-refractivity contribution in [1.82, 2.24) is 0 Å². The van der Waals surface area contributed by atoms with Gasteiger partial charge in [-0.05, 0) is 24.8 Å². The molecule has 0 radical (unpaired) electrons. The third-order valence-corrected chi connectivity index (χ3v) is 3.63. The summed E-state index contributed by atoms with van der Waals surface area (Å²) >= 11 is 0. The molecule has 21 heavy (non-hydrogen) atoms. The highest BCUT2D eigenvalue weighted by Crippen LogP contribution is 2.27. The molecular weight excluding hydrogens is 292 g/mol. The van der Waals surface area contributed by atoms with Crippen molar-refractivity contribution in [2.24, 2.45) is 0 Å². The maximum absolute atomic E-state index is 12.1. The van der Waals surface area contributed by atoms with Gasteiger partial charge in [0.15, 0.2) is 0 Å². The van der Waals surface area contributed by atoms with E-state index in [0.717, 1.165) is 24.7 Å². The fourth-order valence-electron chi connectivity index (χ4n) is 2.18. The average Bonchev–Trinajstić information content (AvgIpc) is 2.45. The van der Waals surface area contributed by atoms with Gasteiger partial charge in [0.05, 0.1) is 11.8 Å². The molecule has 0 unspecified atom stereocenters. The molecule has 6 heteroatoms. The first kappa shape index (κ1) is 15.6. The van der Waals surface area contributed by atoms with E-state index in [2.05, 4.69) is 0 Å². The summed E-state index contributed by atoms with van der Waals surface area (Å²) in [6, 6.07) is 9.32. The number of carbonyl (C=O) groups excluding carboxylic acids is 1. The molecule has 0 bridgehead atoms. The van der Waals surface area contributed by atoms with E-state index >= 15 is 0 Å². The van der Waals surface area contributed by atoms with E-state index in [9.17, 15) is 13.2 Å². The first-order valence-corrected chi connectivity index (χ1v) is 8.60. The highest BCUT2D eigenvalue weighted by Gasteiger charge is 2.24. The van der Waals surface area contributed by atoms with Crippen LogP contribution in [0, 0.1) is 0 Å². The van der Waals surface area contributed by atoms with Crippen molar-refractivity contribution in [3.05, 3.63) is 47.2 Å². The molecule has 0 aliphatic heterocycles. The smallest absolute Gasteiger partial charge is 0.337 e. The zero-order valence-electron chi connectivity index (χ0n) is 11.9. The van der Waals surface area contributed by atoms with Crippen molar-refractivity contribution < 1.29 is 22.1 Å². The van der Waals surface area contributed by atoms with Crippen LogP contribution in [-0.2, 0) is 30.4 Å². The maximum atomic E-state index is 12.1. The van der Waals surface area contributed by atoms with Gasteiger partial charge in [-0.2, -0.15) is 8.42 Å². The van der Waals surface area contributed by atoms with Gasteiger partial charge in [-0.1, -0.05) is 30.3 Å². The minimum Gasteiger partial charge on any atom is -0.457 e. The number of benzene rings is 1. The van der Waals surface area contributed by atoms with E-state index in [4.69, 9.17) is 8.92 Å². The standard InChI is InChI=1S/C15H18O5S/c1-21(17,18)20-14-10-6-5-9-13(14)15(16)19-11-12-7-3-2-4-8-12/h2-4,7-8H,5-6,9-11H2,1H3. The highest BCUT2D eigenvalue weighted by molar-refractivity contribution is 7.86. The summed E-state index contributed by atoms with van der Waals surface area (Å²) in [7, 11) is -3.62. The van der Waals surface area contributed by atoms with Crippen molar-refractivity contribution in [2.75, 3.05) is 6.26 Å². The van der Waals surface area contributed by atoms with Crippen LogP contribution < -0.4 is 0 Å². The van der Waals surface area contributed by atoms with Gasteiger partial charge in [-0.3, -0.25) is 0 Å². The molecule has 1 aliphatic carbocycles. The molecule has 0 atom stereocenters. The van der Waals surface area contributed by atoms with Gasteiger partial charge >= 0.3 is 16.1 Å². The number of hydrogen-bond donors (Lipinski definition) is 0. The molecule has 5 nitrogen and oxygen atoms in total. The quantitative estimate of drug-likeness (QED) is 0.617. The minimum absolute atomic E-state index is 0.162. The lowest BCUT2D eigenvalue weighted by atomic mass is 9.98. The van der Waals surface area contributed by atoms with Gasteiger partial charge in [0, 0.05) is 6.42 Å². The second-order valence-electron chi connectivity index (χ2n) is 4.96. The maximum Gasteiger partial charge on any atom is 0.337 e. The number of carbonyl (C=O) groups is 1. The number of ether oxygens (including phenoxy) is 1. The molecule has 0 heterocycles. The predicted molar refractivity (Wildman–Crippen MR) is 77.7 cm³/mol. The number of hydrogen-bond acceptors (Lipinski definition) is 5. The van der Waals surface area contributed by atoms with Gasteiger partial charge in [-0.25, -0.2) is 4.79 Å². The molecule has 0 aromatic heterocycles. The summed E-state index contributed by atoms with van der Waals surface area (Å²) in [5, 5.41) is 0. The zero-order chi connectivity index (χ0) is 15.3. The van der Waals surface area contributed by atoms with E-state index in [-0.39, 0.29) is 12.4 Å².